The molecule has 9 heteroatoms. The lowest BCUT2D eigenvalue weighted by molar-refractivity contribution is 0.0314. The molecule has 5 rings (SSSR count). The summed E-state index contributed by atoms with van der Waals surface area (Å²) in [5, 5.41) is 0.388. The van der Waals surface area contributed by atoms with Crippen LogP contribution in [0.15, 0.2) is 45.6 Å². The fourth-order valence-corrected chi connectivity index (χ4v) is 4.81. The number of methoxy groups -OCH3 is 3. The van der Waals surface area contributed by atoms with Crippen LogP contribution in [-0.4, -0.2) is 76.4 Å². The van der Waals surface area contributed by atoms with Crippen molar-refractivity contribution in [3.63, 3.8) is 0 Å². The first kappa shape index (κ1) is 23.2. The molecule has 1 unspecified atom stereocenters. The van der Waals surface area contributed by atoms with E-state index >= 15 is 0 Å². The summed E-state index contributed by atoms with van der Waals surface area (Å²) in [4.78, 5) is 31.4. The van der Waals surface area contributed by atoms with Gasteiger partial charge in [0.1, 0.15) is 22.8 Å². The standard InChI is InChI=1S/C26H28N2O7/c1-31-16-5-7-20(33-3)19(14-16)23-22-24(29)18-6-4-17(32-2)15-21(18)35-25(22)26(30)28(23)9-8-27-10-12-34-13-11-27/h4-7,14-15,23H,8-13H2,1-3H3. The summed E-state index contributed by atoms with van der Waals surface area (Å²) >= 11 is 0. The molecule has 3 heterocycles. The van der Waals surface area contributed by atoms with Gasteiger partial charge in [-0.05, 0) is 30.3 Å². The number of benzene rings is 2. The summed E-state index contributed by atoms with van der Waals surface area (Å²) in [5.74, 6) is 1.42. The van der Waals surface area contributed by atoms with Gasteiger partial charge in [0.25, 0.3) is 5.91 Å². The van der Waals surface area contributed by atoms with Gasteiger partial charge in [0, 0.05) is 37.8 Å². The van der Waals surface area contributed by atoms with Gasteiger partial charge in [0.05, 0.1) is 51.5 Å². The third kappa shape index (κ3) is 4.11. The Morgan fingerprint density at radius 3 is 2.34 bits per heavy atom. The number of morpholine rings is 1. The van der Waals surface area contributed by atoms with Gasteiger partial charge in [-0.3, -0.25) is 14.5 Å². The number of rotatable bonds is 7. The highest BCUT2D eigenvalue weighted by Crippen LogP contribution is 2.42. The molecule has 0 N–H and O–H groups in total. The van der Waals surface area contributed by atoms with Gasteiger partial charge < -0.3 is 28.3 Å². The summed E-state index contributed by atoms with van der Waals surface area (Å²) in [6.45, 7) is 3.97. The lowest BCUT2D eigenvalue weighted by Crippen LogP contribution is -2.42. The van der Waals surface area contributed by atoms with E-state index in [-0.39, 0.29) is 17.1 Å². The van der Waals surface area contributed by atoms with E-state index in [2.05, 4.69) is 4.90 Å². The quantitative estimate of drug-likeness (QED) is 0.510. The third-order valence-electron chi connectivity index (χ3n) is 6.67. The highest BCUT2D eigenvalue weighted by Gasteiger charge is 2.44. The summed E-state index contributed by atoms with van der Waals surface area (Å²) in [5.41, 5.74) is 1.04. The van der Waals surface area contributed by atoms with Crippen LogP contribution in [-0.2, 0) is 4.74 Å². The van der Waals surface area contributed by atoms with Gasteiger partial charge in [0.15, 0.2) is 5.43 Å². The molecule has 184 valence electrons. The highest BCUT2D eigenvalue weighted by molar-refractivity contribution is 5.99. The maximum Gasteiger partial charge on any atom is 0.290 e. The Balaban J connectivity index is 1.66. The Bertz CT molecular complexity index is 1310. The van der Waals surface area contributed by atoms with E-state index in [1.165, 1.54) is 7.11 Å². The number of hydrogen-bond acceptors (Lipinski definition) is 8. The van der Waals surface area contributed by atoms with Crippen LogP contribution in [0.2, 0.25) is 0 Å². The smallest absolute Gasteiger partial charge is 0.290 e. The molecule has 2 aliphatic heterocycles. The minimum absolute atomic E-state index is 0.0487. The maximum atomic E-state index is 13.8. The molecule has 9 nitrogen and oxygen atoms in total. The molecule has 0 radical (unpaired) electrons. The SMILES string of the molecule is COc1ccc(OC)c(C2c3c(oc4cc(OC)ccc4c3=O)C(=O)N2CCN2CCOCC2)c1. The van der Waals surface area contributed by atoms with E-state index in [1.54, 1.807) is 49.5 Å². The van der Waals surface area contributed by atoms with Gasteiger partial charge in [-0.2, -0.15) is 0 Å². The Hall–Kier alpha value is -3.56. The summed E-state index contributed by atoms with van der Waals surface area (Å²) < 4.78 is 27.9. The second kappa shape index (κ2) is 9.59. The number of fused-ring (bicyclic) bond motifs is 2. The van der Waals surface area contributed by atoms with Crippen LogP contribution in [0.3, 0.4) is 0 Å². The van der Waals surface area contributed by atoms with Crippen molar-refractivity contribution in [2.24, 2.45) is 0 Å². The first-order chi connectivity index (χ1) is 17.0. The topological polar surface area (TPSA) is 90.7 Å². The molecule has 2 aliphatic rings. The average molecular weight is 481 g/mol. The number of hydrogen-bond donors (Lipinski definition) is 0. The minimum Gasteiger partial charge on any atom is -0.497 e. The van der Waals surface area contributed by atoms with E-state index in [4.69, 9.17) is 23.4 Å². The Kier molecular flexibility index (Phi) is 6.36. The van der Waals surface area contributed by atoms with E-state index < -0.39 is 6.04 Å². The fraction of sp³-hybridized carbons (Fsp3) is 0.385. The normalized spacial score (nSPS) is 18.1. The Labute approximate surface area is 202 Å². The van der Waals surface area contributed by atoms with Gasteiger partial charge in [-0.1, -0.05) is 0 Å². The van der Waals surface area contributed by atoms with Crippen LogP contribution in [0, 0.1) is 0 Å². The summed E-state index contributed by atoms with van der Waals surface area (Å²) in [6.07, 6.45) is 0. The zero-order valence-electron chi connectivity index (χ0n) is 20.0. The first-order valence-electron chi connectivity index (χ1n) is 11.5. The van der Waals surface area contributed by atoms with E-state index in [1.807, 2.05) is 6.07 Å². The number of carbonyl (C=O) groups excluding carboxylic acids is 1. The molecule has 1 aromatic heterocycles. The lowest BCUT2D eigenvalue weighted by atomic mass is 9.97. The maximum absolute atomic E-state index is 13.8. The van der Waals surface area contributed by atoms with Crippen molar-refractivity contribution in [3.8, 4) is 17.2 Å². The largest absolute Gasteiger partial charge is 0.497 e. The van der Waals surface area contributed by atoms with Crippen LogP contribution in [0.4, 0.5) is 0 Å². The van der Waals surface area contributed by atoms with Gasteiger partial charge in [-0.15, -0.1) is 0 Å². The fourth-order valence-electron chi connectivity index (χ4n) is 4.81. The molecule has 1 fully saturated rings. The molecule has 0 bridgehead atoms. The monoisotopic (exact) mass is 480 g/mol. The second-order valence-electron chi connectivity index (χ2n) is 8.50. The Morgan fingerprint density at radius 2 is 1.63 bits per heavy atom. The highest BCUT2D eigenvalue weighted by atomic mass is 16.5. The lowest BCUT2D eigenvalue weighted by Gasteiger charge is -2.31. The van der Waals surface area contributed by atoms with Crippen molar-refractivity contribution in [1.29, 1.82) is 0 Å². The van der Waals surface area contributed by atoms with Crippen molar-refractivity contribution >= 4 is 16.9 Å². The number of nitrogens with zero attached hydrogens (tertiary/aromatic N) is 2. The third-order valence-corrected chi connectivity index (χ3v) is 6.67. The molecule has 35 heavy (non-hydrogen) atoms. The zero-order valence-corrected chi connectivity index (χ0v) is 20.0. The van der Waals surface area contributed by atoms with E-state index in [0.29, 0.717) is 65.6 Å². The molecule has 2 aromatic carbocycles. The predicted octanol–water partition coefficient (Wildman–Crippen LogP) is 2.70. The molecule has 1 amide bonds. The summed E-state index contributed by atoms with van der Waals surface area (Å²) in [6, 6.07) is 9.71. The molecule has 3 aromatic rings. The molecular formula is C26H28N2O7. The molecule has 1 saturated heterocycles. The van der Waals surface area contributed by atoms with Crippen LogP contribution in [0.5, 0.6) is 17.2 Å². The van der Waals surface area contributed by atoms with Gasteiger partial charge in [-0.25, -0.2) is 0 Å². The summed E-state index contributed by atoms with van der Waals surface area (Å²) in [7, 11) is 4.68. The molecule has 0 aliphatic carbocycles. The molecular weight excluding hydrogens is 452 g/mol. The molecule has 0 saturated carbocycles. The minimum atomic E-state index is -0.675. The molecule has 1 atom stereocenters. The second-order valence-corrected chi connectivity index (χ2v) is 8.50. The van der Waals surface area contributed by atoms with Crippen LogP contribution >= 0.6 is 0 Å². The zero-order chi connectivity index (χ0) is 24.5. The number of carbonyl (C=O) groups is 1. The molecule has 0 spiro atoms. The van der Waals surface area contributed by atoms with Crippen molar-refractivity contribution in [3.05, 3.63) is 63.5 Å². The van der Waals surface area contributed by atoms with Gasteiger partial charge in [0.2, 0.25) is 5.76 Å². The Morgan fingerprint density at radius 1 is 0.914 bits per heavy atom. The van der Waals surface area contributed by atoms with Crippen LogP contribution in [0.1, 0.15) is 27.7 Å². The van der Waals surface area contributed by atoms with Crippen molar-refractivity contribution in [1.82, 2.24) is 9.80 Å². The van der Waals surface area contributed by atoms with E-state index in [0.717, 1.165) is 13.1 Å². The van der Waals surface area contributed by atoms with Crippen LogP contribution in [0.25, 0.3) is 11.0 Å². The average Bonchev–Trinajstić information content (AvgIpc) is 3.18. The van der Waals surface area contributed by atoms with Crippen molar-refractivity contribution in [2.75, 3.05) is 60.7 Å². The predicted molar refractivity (Wildman–Crippen MR) is 129 cm³/mol. The van der Waals surface area contributed by atoms with Crippen molar-refractivity contribution < 1.29 is 28.2 Å². The first-order valence-corrected chi connectivity index (χ1v) is 11.5. The van der Waals surface area contributed by atoms with Crippen molar-refractivity contribution in [2.45, 2.75) is 6.04 Å². The number of amides is 1. The van der Waals surface area contributed by atoms with E-state index in [9.17, 15) is 9.59 Å². The van der Waals surface area contributed by atoms with Gasteiger partial charge >= 0.3 is 0 Å². The number of ether oxygens (including phenoxy) is 4. The van der Waals surface area contributed by atoms with Crippen LogP contribution < -0.4 is 19.6 Å².